The number of carbonyl (C=O) groups excluding carboxylic acids is 1. The first kappa shape index (κ1) is 16.2. The summed E-state index contributed by atoms with van der Waals surface area (Å²) >= 11 is 4.87. The number of rotatable bonds is 5. The van der Waals surface area contributed by atoms with Gasteiger partial charge in [-0.2, -0.15) is 8.42 Å². The fraction of sp³-hybridized carbons (Fsp3) is 0.273. The molecule has 9 heteroatoms. The van der Waals surface area contributed by atoms with Gasteiger partial charge in [0.15, 0.2) is 0 Å². The van der Waals surface area contributed by atoms with Crippen molar-refractivity contribution in [1.82, 2.24) is 4.72 Å². The summed E-state index contributed by atoms with van der Waals surface area (Å²) in [5.41, 5.74) is 6.19. The van der Waals surface area contributed by atoms with Crippen LogP contribution in [0, 0.1) is 0 Å². The van der Waals surface area contributed by atoms with Crippen molar-refractivity contribution in [3.8, 4) is 0 Å². The average Bonchev–Trinajstić information content (AvgIpc) is 2.37. The molecule has 0 aliphatic carbocycles. The summed E-state index contributed by atoms with van der Waals surface area (Å²) < 4.78 is 31.2. The summed E-state index contributed by atoms with van der Waals surface area (Å²) in [7, 11) is -2.82. The molecule has 110 valence electrons. The van der Waals surface area contributed by atoms with Gasteiger partial charge >= 0.3 is 16.3 Å². The number of benzene rings is 1. The summed E-state index contributed by atoms with van der Waals surface area (Å²) in [5.74, 6) is 0. The molecule has 0 saturated heterocycles. The molecule has 0 aliphatic rings. The lowest BCUT2D eigenvalue weighted by Gasteiger charge is -2.21. The molecule has 0 aromatic heterocycles. The molecule has 0 radical (unpaired) electrons. The number of thiocarbonyl (C=S) groups is 1. The third-order valence-electron chi connectivity index (χ3n) is 2.36. The Morgan fingerprint density at radius 2 is 2.05 bits per heavy atom. The largest absolute Gasteiger partial charge is 0.449 e. The lowest BCUT2D eigenvalue weighted by Crippen LogP contribution is -2.42. The number of amides is 1. The van der Waals surface area contributed by atoms with E-state index >= 15 is 0 Å². The third kappa shape index (κ3) is 3.81. The van der Waals surface area contributed by atoms with Crippen LogP contribution in [0.1, 0.15) is 12.5 Å². The van der Waals surface area contributed by atoms with Gasteiger partial charge in [-0.25, -0.2) is 9.52 Å². The Balaban J connectivity index is 3.08. The van der Waals surface area contributed by atoms with E-state index in [1.54, 1.807) is 29.8 Å². The number of anilines is 1. The summed E-state index contributed by atoms with van der Waals surface area (Å²) in [6.45, 7) is 1.63. The molecule has 0 aliphatic heterocycles. The molecule has 0 heterocycles. The Hall–Kier alpha value is -1.87. The molecule has 20 heavy (non-hydrogen) atoms. The van der Waals surface area contributed by atoms with Crippen molar-refractivity contribution >= 4 is 39.2 Å². The molecule has 0 saturated carbocycles. The first-order valence-corrected chi connectivity index (χ1v) is 7.46. The topological polar surface area (TPSA) is 102 Å². The van der Waals surface area contributed by atoms with Crippen LogP contribution in [0.2, 0.25) is 0 Å². The van der Waals surface area contributed by atoms with Gasteiger partial charge in [-0.05, 0) is 19.1 Å². The zero-order valence-electron chi connectivity index (χ0n) is 11.0. The van der Waals surface area contributed by atoms with E-state index in [0.717, 1.165) is 4.31 Å². The second-order valence-corrected chi connectivity index (χ2v) is 5.82. The van der Waals surface area contributed by atoms with Crippen LogP contribution in [-0.4, -0.2) is 33.2 Å². The fourth-order valence-electron chi connectivity index (χ4n) is 1.42. The highest BCUT2D eigenvalue weighted by atomic mass is 32.2. The first-order valence-electron chi connectivity index (χ1n) is 5.62. The van der Waals surface area contributed by atoms with Gasteiger partial charge in [0.1, 0.15) is 4.99 Å². The van der Waals surface area contributed by atoms with Crippen molar-refractivity contribution in [2.24, 2.45) is 5.73 Å². The molecule has 1 amide bonds. The van der Waals surface area contributed by atoms with E-state index in [4.69, 9.17) is 18.0 Å². The van der Waals surface area contributed by atoms with Crippen LogP contribution < -0.4 is 14.8 Å². The fourth-order valence-corrected chi connectivity index (χ4v) is 2.42. The molecule has 3 N–H and O–H groups in total. The van der Waals surface area contributed by atoms with E-state index in [-0.39, 0.29) is 17.3 Å². The quantitative estimate of drug-likeness (QED) is 0.777. The predicted molar refractivity (Wildman–Crippen MR) is 79.8 cm³/mol. The minimum absolute atomic E-state index is 0.0544. The molecular weight excluding hydrogens is 302 g/mol. The van der Waals surface area contributed by atoms with Gasteiger partial charge < -0.3 is 10.5 Å². The molecule has 1 aromatic carbocycles. The van der Waals surface area contributed by atoms with Gasteiger partial charge in [-0.3, -0.25) is 4.31 Å². The lowest BCUT2D eigenvalue weighted by molar-refractivity contribution is 0.158. The number of ether oxygens (including phenoxy) is 1. The zero-order chi connectivity index (χ0) is 15.3. The van der Waals surface area contributed by atoms with Gasteiger partial charge in [0.2, 0.25) is 0 Å². The van der Waals surface area contributed by atoms with Crippen LogP contribution in [0.3, 0.4) is 0 Å². The summed E-state index contributed by atoms with van der Waals surface area (Å²) in [4.78, 5) is 11.3. The van der Waals surface area contributed by atoms with Crippen molar-refractivity contribution < 1.29 is 17.9 Å². The Labute approximate surface area is 122 Å². The standard InChI is InChI=1S/C11H15N3O4S2/c1-3-18-11(15)13-20(16,17)14(2)9-7-5-4-6-8(9)10(12)19/h4-7H,3H2,1-2H3,(H2,12,19)(H,13,15). The van der Waals surface area contributed by atoms with E-state index in [1.165, 1.54) is 13.1 Å². The summed E-state index contributed by atoms with van der Waals surface area (Å²) in [6.07, 6.45) is -1.05. The molecular formula is C11H15N3O4S2. The molecule has 0 atom stereocenters. The van der Waals surface area contributed by atoms with Crippen LogP contribution in [0.5, 0.6) is 0 Å². The van der Waals surface area contributed by atoms with Crippen LogP contribution in [0.15, 0.2) is 24.3 Å². The number of hydrogen-bond acceptors (Lipinski definition) is 5. The number of carbonyl (C=O) groups is 1. The van der Waals surface area contributed by atoms with Gasteiger partial charge in [0, 0.05) is 12.6 Å². The van der Waals surface area contributed by atoms with Crippen LogP contribution in [0.4, 0.5) is 10.5 Å². The highest BCUT2D eigenvalue weighted by Gasteiger charge is 2.23. The Morgan fingerprint density at radius 1 is 1.45 bits per heavy atom. The second-order valence-electron chi connectivity index (χ2n) is 3.68. The Bertz CT molecular complexity index is 616. The summed E-state index contributed by atoms with van der Waals surface area (Å²) in [5, 5.41) is 0. The predicted octanol–water partition coefficient (Wildman–Crippen LogP) is 0.748. The van der Waals surface area contributed by atoms with Gasteiger partial charge in [-0.1, -0.05) is 24.4 Å². The summed E-state index contributed by atoms with van der Waals surface area (Å²) in [6, 6.07) is 6.43. The van der Waals surface area contributed by atoms with Crippen molar-refractivity contribution in [3.05, 3.63) is 29.8 Å². The van der Waals surface area contributed by atoms with Crippen LogP contribution in [0.25, 0.3) is 0 Å². The third-order valence-corrected chi connectivity index (χ3v) is 3.92. The molecule has 7 nitrogen and oxygen atoms in total. The zero-order valence-corrected chi connectivity index (χ0v) is 12.6. The highest BCUT2D eigenvalue weighted by molar-refractivity contribution is 7.91. The SMILES string of the molecule is CCOC(=O)NS(=O)(=O)N(C)c1ccccc1C(N)=S. The van der Waals surface area contributed by atoms with Crippen LogP contribution in [-0.2, 0) is 14.9 Å². The van der Waals surface area contributed by atoms with Crippen molar-refractivity contribution in [3.63, 3.8) is 0 Å². The number of nitrogens with zero attached hydrogens (tertiary/aromatic N) is 1. The van der Waals surface area contributed by atoms with E-state index in [0.29, 0.717) is 5.56 Å². The number of hydrogen-bond donors (Lipinski definition) is 2. The van der Waals surface area contributed by atoms with Crippen molar-refractivity contribution in [2.45, 2.75) is 6.92 Å². The maximum atomic E-state index is 12.0. The lowest BCUT2D eigenvalue weighted by atomic mass is 10.2. The number of nitrogens with two attached hydrogens (primary N) is 1. The Morgan fingerprint density at radius 3 is 2.60 bits per heavy atom. The molecule has 0 unspecified atom stereocenters. The van der Waals surface area contributed by atoms with E-state index in [9.17, 15) is 13.2 Å². The normalized spacial score (nSPS) is 10.7. The number of para-hydroxylation sites is 1. The number of nitrogens with one attached hydrogen (secondary N) is 1. The van der Waals surface area contributed by atoms with Crippen molar-refractivity contribution in [1.29, 1.82) is 0 Å². The van der Waals surface area contributed by atoms with Gasteiger partial charge in [-0.15, -0.1) is 0 Å². The Kier molecular flexibility index (Phi) is 5.28. The molecule has 0 bridgehead atoms. The smallest absolute Gasteiger partial charge is 0.422 e. The minimum atomic E-state index is -4.10. The van der Waals surface area contributed by atoms with Gasteiger partial charge in [0.05, 0.1) is 12.3 Å². The van der Waals surface area contributed by atoms with E-state index < -0.39 is 16.3 Å². The molecule has 0 fully saturated rings. The molecule has 1 aromatic rings. The van der Waals surface area contributed by atoms with Crippen molar-refractivity contribution in [2.75, 3.05) is 18.0 Å². The molecule has 1 rings (SSSR count). The average molecular weight is 317 g/mol. The minimum Gasteiger partial charge on any atom is -0.449 e. The van der Waals surface area contributed by atoms with E-state index in [2.05, 4.69) is 4.74 Å². The van der Waals surface area contributed by atoms with Crippen LogP contribution >= 0.6 is 12.2 Å². The van der Waals surface area contributed by atoms with Gasteiger partial charge in [0.25, 0.3) is 0 Å². The highest BCUT2D eigenvalue weighted by Crippen LogP contribution is 2.21. The second kappa shape index (κ2) is 6.53. The monoisotopic (exact) mass is 317 g/mol. The maximum absolute atomic E-state index is 12.0. The first-order chi connectivity index (χ1) is 9.29. The maximum Gasteiger partial charge on any atom is 0.422 e. The molecule has 0 spiro atoms. The van der Waals surface area contributed by atoms with E-state index in [1.807, 2.05) is 0 Å².